The van der Waals surface area contributed by atoms with Crippen LogP contribution in [-0.4, -0.2) is 14.2 Å². The van der Waals surface area contributed by atoms with Gasteiger partial charge in [-0.2, -0.15) is 0 Å². The van der Waals surface area contributed by atoms with Gasteiger partial charge >= 0.3 is 0 Å². The van der Waals surface area contributed by atoms with Crippen molar-refractivity contribution in [3.63, 3.8) is 0 Å². The molecule has 0 amide bonds. The third-order valence-corrected chi connectivity index (χ3v) is 3.43. The van der Waals surface area contributed by atoms with Crippen LogP contribution in [0.2, 0.25) is 0 Å². The van der Waals surface area contributed by atoms with Gasteiger partial charge in [-0.15, -0.1) is 0 Å². The Morgan fingerprint density at radius 1 is 1.00 bits per heavy atom. The predicted molar refractivity (Wildman–Crippen MR) is 79.7 cm³/mol. The maximum atomic E-state index is 5.18. The van der Waals surface area contributed by atoms with Gasteiger partial charge in [0.1, 0.15) is 5.75 Å². The molecule has 0 spiro atoms. The van der Waals surface area contributed by atoms with Crippen LogP contribution >= 0.6 is 0 Å². The maximum Gasteiger partial charge on any atom is 0.118 e. The first kappa shape index (κ1) is 13.6. The number of hydrogen-bond donors (Lipinski definition) is 1. The number of nitrogens with one attached hydrogen (secondary N) is 1. The molecule has 2 rings (SSSR count). The molecule has 1 atom stereocenters. The molecule has 19 heavy (non-hydrogen) atoms. The van der Waals surface area contributed by atoms with Crippen LogP contribution in [-0.2, 0) is 6.42 Å². The molecule has 0 fully saturated rings. The summed E-state index contributed by atoms with van der Waals surface area (Å²) in [6, 6.07) is 17.3. The molecule has 0 radical (unpaired) electrons. The minimum absolute atomic E-state index is 0.342. The number of rotatable bonds is 5. The molecular formula is C17H21NO. The Morgan fingerprint density at radius 2 is 1.63 bits per heavy atom. The maximum absolute atomic E-state index is 5.18. The second kappa shape index (κ2) is 6.39. The molecule has 0 aliphatic heterocycles. The van der Waals surface area contributed by atoms with Crippen molar-refractivity contribution in [3.05, 3.63) is 65.2 Å². The molecule has 2 heteroatoms. The summed E-state index contributed by atoms with van der Waals surface area (Å²) in [5, 5.41) is 3.38. The first-order valence-corrected chi connectivity index (χ1v) is 6.59. The number of likely N-dealkylation sites (N-methyl/N-ethyl adjacent to an activating group) is 1. The van der Waals surface area contributed by atoms with Gasteiger partial charge in [0.25, 0.3) is 0 Å². The summed E-state index contributed by atoms with van der Waals surface area (Å²) in [5.41, 5.74) is 3.92. The molecule has 0 aromatic heterocycles. The molecule has 100 valence electrons. The standard InChI is InChI=1S/C17H21NO/c1-13-4-8-15(9-5-13)17(18-2)12-14-6-10-16(19-3)11-7-14/h4-11,17-18H,12H2,1-3H3. The van der Waals surface area contributed by atoms with Crippen molar-refractivity contribution in [1.82, 2.24) is 5.32 Å². The van der Waals surface area contributed by atoms with Gasteiger partial charge in [-0.1, -0.05) is 42.0 Å². The van der Waals surface area contributed by atoms with Gasteiger partial charge < -0.3 is 10.1 Å². The SMILES string of the molecule is CNC(Cc1ccc(OC)cc1)c1ccc(C)cc1. The zero-order chi connectivity index (χ0) is 13.7. The lowest BCUT2D eigenvalue weighted by Crippen LogP contribution is -2.18. The van der Waals surface area contributed by atoms with E-state index in [1.165, 1.54) is 16.7 Å². The van der Waals surface area contributed by atoms with Crippen molar-refractivity contribution >= 4 is 0 Å². The lowest BCUT2D eigenvalue weighted by atomic mass is 9.98. The van der Waals surface area contributed by atoms with E-state index >= 15 is 0 Å². The predicted octanol–water partition coefficient (Wildman–Crippen LogP) is 3.51. The van der Waals surface area contributed by atoms with E-state index in [1.54, 1.807) is 7.11 Å². The Labute approximate surface area is 115 Å². The highest BCUT2D eigenvalue weighted by atomic mass is 16.5. The first-order valence-electron chi connectivity index (χ1n) is 6.59. The van der Waals surface area contributed by atoms with E-state index in [4.69, 9.17) is 4.74 Å². The van der Waals surface area contributed by atoms with Crippen LogP contribution in [0.4, 0.5) is 0 Å². The van der Waals surface area contributed by atoms with Crippen molar-refractivity contribution in [2.45, 2.75) is 19.4 Å². The molecule has 2 nitrogen and oxygen atoms in total. The lowest BCUT2D eigenvalue weighted by molar-refractivity contribution is 0.414. The Bertz CT molecular complexity index is 502. The summed E-state index contributed by atoms with van der Waals surface area (Å²) in [4.78, 5) is 0. The highest BCUT2D eigenvalue weighted by molar-refractivity contribution is 5.30. The fraction of sp³-hybridized carbons (Fsp3) is 0.294. The molecular weight excluding hydrogens is 234 g/mol. The monoisotopic (exact) mass is 255 g/mol. The summed E-state index contributed by atoms with van der Waals surface area (Å²) >= 11 is 0. The van der Waals surface area contributed by atoms with Gasteiger partial charge in [0.2, 0.25) is 0 Å². The van der Waals surface area contributed by atoms with E-state index < -0.39 is 0 Å². The minimum Gasteiger partial charge on any atom is -0.497 e. The second-order valence-corrected chi connectivity index (χ2v) is 4.80. The fourth-order valence-corrected chi connectivity index (χ4v) is 2.18. The molecule has 2 aromatic rings. The average molecular weight is 255 g/mol. The van der Waals surface area contributed by atoms with Gasteiger partial charge in [-0.25, -0.2) is 0 Å². The second-order valence-electron chi connectivity index (χ2n) is 4.80. The van der Waals surface area contributed by atoms with Gasteiger partial charge in [0.15, 0.2) is 0 Å². The van der Waals surface area contributed by atoms with Crippen LogP contribution in [0.3, 0.4) is 0 Å². The van der Waals surface area contributed by atoms with Crippen LogP contribution in [0.1, 0.15) is 22.7 Å². The summed E-state index contributed by atoms with van der Waals surface area (Å²) in [7, 11) is 3.70. The number of aryl methyl sites for hydroxylation is 1. The van der Waals surface area contributed by atoms with E-state index in [1.807, 2.05) is 19.2 Å². The zero-order valence-corrected chi connectivity index (χ0v) is 11.8. The van der Waals surface area contributed by atoms with E-state index in [0.29, 0.717) is 6.04 Å². The third kappa shape index (κ3) is 3.58. The van der Waals surface area contributed by atoms with E-state index in [2.05, 4.69) is 48.6 Å². The van der Waals surface area contributed by atoms with Crippen LogP contribution in [0.25, 0.3) is 0 Å². The van der Waals surface area contributed by atoms with Crippen LogP contribution in [0.5, 0.6) is 5.75 Å². The minimum atomic E-state index is 0.342. The lowest BCUT2D eigenvalue weighted by Gasteiger charge is -2.17. The van der Waals surface area contributed by atoms with Crippen molar-refractivity contribution in [2.24, 2.45) is 0 Å². The summed E-state index contributed by atoms with van der Waals surface area (Å²) < 4.78 is 5.18. The van der Waals surface area contributed by atoms with Crippen LogP contribution in [0.15, 0.2) is 48.5 Å². The van der Waals surface area contributed by atoms with Gasteiger partial charge in [0.05, 0.1) is 7.11 Å². The number of methoxy groups -OCH3 is 1. The molecule has 2 aromatic carbocycles. The number of ether oxygens (including phenoxy) is 1. The molecule has 0 saturated carbocycles. The molecule has 1 unspecified atom stereocenters. The van der Waals surface area contributed by atoms with Crippen molar-refractivity contribution < 1.29 is 4.74 Å². The largest absolute Gasteiger partial charge is 0.497 e. The van der Waals surface area contributed by atoms with E-state index in [9.17, 15) is 0 Å². The van der Waals surface area contributed by atoms with Crippen molar-refractivity contribution in [1.29, 1.82) is 0 Å². The van der Waals surface area contributed by atoms with Gasteiger partial charge in [0, 0.05) is 6.04 Å². The highest BCUT2D eigenvalue weighted by Crippen LogP contribution is 2.20. The highest BCUT2D eigenvalue weighted by Gasteiger charge is 2.09. The summed E-state index contributed by atoms with van der Waals surface area (Å²) in [6.07, 6.45) is 0.976. The van der Waals surface area contributed by atoms with Crippen LogP contribution in [0, 0.1) is 6.92 Å². The van der Waals surface area contributed by atoms with Gasteiger partial charge in [-0.05, 0) is 43.7 Å². The van der Waals surface area contributed by atoms with Crippen molar-refractivity contribution in [3.8, 4) is 5.75 Å². The average Bonchev–Trinajstić information content (AvgIpc) is 2.46. The summed E-state index contributed by atoms with van der Waals surface area (Å²) in [6.45, 7) is 2.11. The quantitative estimate of drug-likeness (QED) is 0.883. The molecule has 0 saturated heterocycles. The molecule has 0 heterocycles. The molecule has 0 aliphatic rings. The Hall–Kier alpha value is -1.80. The van der Waals surface area contributed by atoms with Crippen molar-refractivity contribution in [2.75, 3.05) is 14.2 Å². The number of benzene rings is 2. The molecule has 1 N–H and O–H groups in total. The number of hydrogen-bond acceptors (Lipinski definition) is 2. The van der Waals surface area contributed by atoms with E-state index in [-0.39, 0.29) is 0 Å². The first-order chi connectivity index (χ1) is 9.22. The Balaban J connectivity index is 2.11. The zero-order valence-electron chi connectivity index (χ0n) is 11.8. The Kier molecular flexibility index (Phi) is 4.58. The molecule has 0 aliphatic carbocycles. The normalized spacial score (nSPS) is 12.2. The fourth-order valence-electron chi connectivity index (χ4n) is 2.18. The third-order valence-electron chi connectivity index (χ3n) is 3.43. The van der Waals surface area contributed by atoms with Gasteiger partial charge in [-0.3, -0.25) is 0 Å². The smallest absolute Gasteiger partial charge is 0.118 e. The van der Waals surface area contributed by atoms with Crippen LogP contribution < -0.4 is 10.1 Å². The molecule has 0 bridgehead atoms. The topological polar surface area (TPSA) is 21.3 Å². The van der Waals surface area contributed by atoms with E-state index in [0.717, 1.165) is 12.2 Å². The summed E-state index contributed by atoms with van der Waals surface area (Å²) in [5.74, 6) is 0.903. The Morgan fingerprint density at radius 3 is 2.16 bits per heavy atom.